The second kappa shape index (κ2) is 5.63. The number of nitrogens with zero attached hydrogens (tertiary/aromatic N) is 2. The minimum absolute atomic E-state index is 0.211. The Morgan fingerprint density at radius 3 is 2.65 bits per heavy atom. The molecule has 0 aromatic heterocycles. The standard InChI is InChI=1S/C8H15N3O5S/c1-6(12)11-5-7(2-3-8(11)4-9)10-16-17(13,14)15/h7-8,10,13-15H,2-3,5H2,1H3/t7?,8-/m0/s1. The number of carbonyl (C=O) groups is 1. The maximum Gasteiger partial charge on any atom is 0.233 e. The Balaban J connectivity index is 2.52. The minimum atomic E-state index is -4.06. The van der Waals surface area contributed by atoms with Gasteiger partial charge in [0.2, 0.25) is 17.1 Å². The van der Waals surface area contributed by atoms with Crippen LogP contribution in [0.25, 0.3) is 0 Å². The molecule has 0 aromatic carbocycles. The number of carbonyl (C=O) groups excluding carboxylic acids is 1. The molecule has 0 saturated carbocycles. The largest absolute Gasteiger partial charge is 0.325 e. The normalized spacial score (nSPS) is 26.4. The fourth-order valence-electron chi connectivity index (χ4n) is 1.68. The van der Waals surface area contributed by atoms with Crippen LogP contribution < -0.4 is 5.48 Å². The summed E-state index contributed by atoms with van der Waals surface area (Å²) in [7, 11) is 0. The van der Waals surface area contributed by atoms with Crippen molar-refractivity contribution in [3.63, 3.8) is 0 Å². The summed E-state index contributed by atoms with van der Waals surface area (Å²) in [6, 6.07) is 1.19. The summed E-state index contributed by atoms with van der Waals surface area (Å²) in [5.74, 6) is -0.237. The van der Waals surface area contributed by atoms with Crippen LogP contribution in [0.2, 0.25) is 0 Å². The Bertz CT molecular complexity index is 326. The van der Waals surface area contributed by atoms with Crippen LogP contribution in [0.1, 0.15) is 19.8 Å². The van der Waals surface area contributed by atoms with E-state index < -0.39 is 17.2 Å². The molecule has 0 radical (unpaired) electrons. The first-order valence-electron chi connectivity index (χ1n) is 4.95. The summed E-state index contributed by atoms with van der Waals surface area (Å²) in [5, 5.41) is 8.84. The Morgan fingerprint density at radius 1 is 1.53 bits per heavy atom. The SMILES string of the molecule is CC(=O)N1CC(NOS(O)(O)O)CC[C@H]1C#N. The molecule has 1 fully saturated rings. The summed E-state index contributed by atoms with van der Waals surface area (Å²) >= 11 is -4.06. The highest BCUT2D eigenvalue weighted by Crippen LogP contribution is 2.32. The van der Waals surface area contributed by atoms with Gasteiger partial charge in [-0.05, 0) is 12.8 Å². The van der Waals surface area contributed by atoms with E-state index in [1.807, 2.05) is 6.07 Å². The minimum Gasteiger partial charge on any atom is -0.325 e. The van der Waals surface area contributed by atoms with E-state index in [2.05, 4.69) is 9.76 Å². The maximum atomic E-state index is 11.3. The number of hydroxylamine groups is 1. The molecule has 1 saturated heterocycles. The zero-order chi connectivity index (χ0) is 13.1. The van der Waals surface area contributed by atoms with Gasteiger partial charge in [-0.15, -0.1) is 0 Å². The number of nitrogens with one attached hydrogen (secondary N) is 1. The van der Waals surface area contributed by atoms with Crippen molar-refractivity contribution in [3.05, 3.63) is 0 Å². The van der Waals surface area contributed by atoms with Gasteiger partial charge in [0.15, 0.2) is 0 Å². The van der Waals surface area contributed by atoms with Crippen molar-refractivity contribution >= 4 is 17.1 Å². The van der Waals surface area contributed by atoms with Gasteiger partial charge in [0.25, 0.3) is 0 Å². The van der Waals surface area contributed by atoms with Crippen molar-refractivity contribution in [2.45, 2.75) is 31.8 Å². The predicted molar refractivity (Wildman–Crippen MR) is 59.5 cm³/mol. The monoisotopic (exact) mass is 265 g/mol. The van der Waals surface area contributed by atoms with E-state index in [0.29, 0.717) is 12.8 Å². The number of piperidine rings is 1. The highest BCUT2D eigenvalue weighted by Gasteiger charge is 2.31. The summed E-state index contributed by atoms with van der Waals surface area (Å²) in [4.78, 5) is 12.6. The fourth-order valence-corrected chi connectivity index (χ4v) is 1.95. The molecule has 0 aliphatic carbocycles. The first-order chi connectivity index (χ1) is 7.83. The van der Waals surface area contributed by atoms with Crippen LogP contribution in [0.15, 0.2) is 0 Å². The fraction of sp³-hybridized carbons (Fsp3) is 0.750. The van der Waals surface area contributed by atoms with Crippen molar-refractivity contribution < 1.29 is 22.7 Å². The van der Waals surface area contributed by atoms with E-state index in [1.54, 1.807) is 0 Å². The Hall–Kier alpha value is -0.890. The van der Waals surface area contributed by atoms with E-state index >= 15 is 0 Å². The van der Waals surface area contributed by atoms with Gasteiger partial charge >= 0.3 is 0 Å². The topological polar surface area (TPSA) is 126 Å². The van der Waals surface area contributed by atoms with Crippen LogP contribution in [0.4, 0.5) is 0 Å². The first kappa shape index (κ1) is 14.2. The van der Waals surface area contributed by atoms with E-state index in [-0.39, 0.29) is 18.5 Å². The van der Waals surface area contributed by atoms with E-state index in [1.165, 1.54) is 11.8 Å². The molecule has 8 nitrogen and oxygen atoms in total. The van der Waals surface area contributed by atoms with Gasteiger partial charge in [-0.2, -0.15) is 15.0 Å². The maximum absolute atomic E-state index is 11.3. The molecule has 1 unspecified atom stereocenters. The van der Waals surface area contributed by atoms with Crippen LogP contribution in [0.3, 0.4) is 0 Å². The third-order valence-electron chi connectivity index (χ3n) is 2.46. The Kier molecular flexibility index (Phi) is 4.70. The zero-order valence-corrected chi connectivity index (χ0v) is 10.1. The molecule has 1 heterocycles. The van der Waals surface area contributed by atoms with Gasteiger partial charge in [-0.3, -0.25) is 18.5 Å². The molecule has 1 rings (SSSR count). The molecule has 9 heteroatoms. The smallest absolute Gasteiger partial charge is 0.233 e. The van der Waals surface area contributed by atoms with Crippen molar-refractivity contribution in [1.29, 1.82) is 5.26 Å². The number of likely N-dealkylation sites (tertiary alicyclic amines) is 1. The second-order valence-electron chi connectivity index (χ2n) is 3.76. The lowest BCUT2D eigenvalue weighted by Crippen LogP contribution is -2.51. The molecular formula is C8H15N3O5S. The number of rotatable bonds is 3. The summed E-state index contributed by atoms with van der Waals surface area (Å²) < 4.78 is 30.0. The molecular weight excluding hydrogens is 250 g/mol. The second-order valence-corrected chi connectivity index (χ2v) is 4.86. The van der Waals surface area contributed by atoms with Crippen LogP contribution in [0, 0.1) is 11.3 Å². The van der Waals surface area contributed by atoms with Crippen LogP contribution in [0.5, 0.6) is 0 Å². The number of nitriles is 1. The number of hydrogen-bond acceptors (Lipinski definition) is 7. The molecule has 98 valence electrons. The average molecular weight is 265 g/mol. The summed E-state index contributed by atoms with van der Waals surface area (Å²) in [6.45, 7) is 1.57. The molecule has 1 amide bonds. The third-order valence-corrected chi connectivity index (χ3v) is 2.78. The van der Waals surface area contributed by atoms with Gasteiger partial charge < -0.3 is 4.90 Å². The van der Waals surface area contributed by atoms with E-state index in [4.69, 9.17) is 18.9 Å². The molecule has 1 aliphatic heterocycles. The first-order valence-corrected chi connectivity index (χ1v) is 6.38. The van der Waals surface area contributed by atoms with E-state index in [0.717, 1.165) is 0 Å². The van der Waals surface area contributed by atoms with Crippen molar-refractivity contribution in [2.75, 3.05) is 6.54 Å². The summed E-state index contributed by atoms with van der Waals surface area (Å²) in [6.07, 6.45) is 0.985. The lowest BCUT2D eigenvalue weighted by atomic mass is 10.00. The van der Waals surface area contributed by atoms with Gasteiger partial charge in [0, 0.05) is 13.5 Å². The highest BCUT2D eigenvalue weighted by atomic mass is 32.3. The van der Waals surface area contributed by atoms with Crippen LogP contribution in [-0.2, 0) is 9.08 Å². The molecule has 1 aliphatic rings. The quantitative estimate of drug-likeness (QED) is 0.549. The Morgan fingerprint density at radius 2 is 2.18 bits per heavy atom. The van der Waals surface area contributed by atoms with Crippen LogP contribution >= 0.6 is 11.2 Å². The van der Waals surface area contributed by atoms with Crippen LogP contribution in [-0.4, -0.2) is 43.1 Å². The third kappa shape index (κ3) is 4.47. The molecule has 2 atom stereocenters. The lowest BCUT2D eigenvalue weighted by Gasteiger charge is -2.36. The van der Waals surface area contributed by atoms with E-state index in [9.17, 15) is 4.79 Å². The highest BCUT2D eigenvalue weighted by molar-refractivity contribution is 8.15. The number of amides is 1. The average Bonchev–Trinajstić information content (AvgIpc) is 2.25. The van der Waals surface area contributed by atoms with Crippen molar-refractivity contribution in [1.82, 2.24) is 10.4 Å². The van der Waals surface area contributed by atoms with Gasteiger partial charge in [-0.1, -0.05) is 0 Å². The predicted octanol–water partition coefficient (Wildman–Crippen LogP) is 0.549. The van der Waals surface area contributed by atoms with Gasteiger partial charge in [0.1, 0.15) is 6.04 Å². The molecule has 0 aromatic rings. The molecule has 17 heavy (non-hydrogen) atoms. The van der Waals surface area contributed by atoms with Crippen molar-refractivity contribution in [2.24, 2.45) is 0 Å². The molecule has 0 spiro atoms. The molecule has 0 bridgehead atoms. The molecule has 4 N–H and O–H groups in total. The lowest BCUT2D eigenvalue weighted by molar-refractivity contribution is -0.132. The zero-order valence-electron chi connectivity index (χ0n) is 9.24. The Labute approximate surface area is 100 Å². The number of hydrogen-bond donors (Lipinski definition) is 4. The van der Waals surface area contributed by atoms with Crippen molar-refractivity contribution in [3.8, 4) is 6.07 Å². The van der Waals surface area contributed by atoms with Gasteiger partial charge in [-0.25, -0.2) is 0 Å². The van der Waals surface area contributed by atoms with Gasteiger partial charge in [0.05, 0.1) is 12.1 Å². The summed E-state index contributed by atoms with van der Waals surface area (Å²) in [5.41, 5.74) is 2.27.